The van der Waals surface area contributed by atoms with Gasteiger partial charge in [-0.15, -0.1) is 5.06 Å². The summed E-state index contributed by atoms with van der Waals surface area (Å²) in [6.45, 7) is 11.4. The van der Waals surface area contributed by atoms with Gasteiger partial charge in [0.25, 0.3) is 11.8 Å². The normalized spacial score (nSPS) is 14.0. The predicted molar refractivity (Wildman–Crippen MR) is 170 cm³/mol. The molecule has 0 bridgehead atoms. The zero-order valence-corrected chi connectivity index (χ0v) is 26.8. The van der Waals surface area contributed by atoms with E-state index in [-0.39, 0.29) is 11.6 Å². The number of carbonyl (C=O) groups is 2. The zero-order valence-electron chi connectivity index (χ0n) is 25.8. The van der Waals surface area contributed by atoms with Crippen molar-refractivity contribution in [2.24, 2.45) is 0 Å². The van der Waals surface area contributed by atoms with Gasteiger partial charge in [0.1, 0.15) is 13.2 Å². The van der Waals surface area contributed by atoms with Crippen molar-refractivity contribution in [2.75, 3.05) is 6.61 Å². The average molecular weight is 611 g/mol. The van der Waals surface area contributed by atoms with Crippen LogP contribution in [0.4, 0.5) is 0 Å². The molecule has 0 spiro atoms. The highest BCUT2D eigenvalue weighted by Crippen LogP contribution is 2.39. The highest BCUT2D eigenvalue weighted by molar-refractivity contribution is 6.74. The van der Waals surface area contributed by atoms with E-state index < -0.39 is 26.2 Å². The number of hydrogen-bond acceptors (Lipinski definition) is 7. The van der Waals surface area contributed by atoms with E-state index in [1.165, 1.54) is 0 Å². The van der Waals surface area contributed by atoms with Gasteiger partial charge in [-0.2, -0.15) is 0 Å². The molecule has 0 N–H and O–H groups in total. The van der Waals surface area contributed by atoms with Crippen LogP contribution in [0.2, 0.25) is 18.1 Å². The Labute approximate surface area is 259 Å². The molecule has 0 fully saturated rings. The number of pyridine rings is 1. The lowest BCUT2D eigenvalue weighted by molar-refractivity contribution is -0.146. The number of nitrogens with zero attached hydrogens (tertiary/aromatic N) is 2. The van der Waals surface area contributed by atoms with E-state index in [9.17, 15) is 9.59 Å². The van der Waals surface area contributed by atoms with Gasteiger partial charge in [-0.1, -0.05) is 93.6 Å². The molecule has 228 valence electrons. The second-order valence-corrected chi connectivity index (χ2v) is 17.0. The molecule has 0 saturated heterocycles. The number of aromatic nitrogens is 1. The first-order valence-electron chi connectivity index (χ1n) is 14.7. The molecule has 8 nitrogen and oxygen atoms in total. The Balaban J connectivity index is 1.46. The number of benzene rings is 3. The second-order valence-electron chi connectivity index (χ2n) is 12.2. The van der Waals surface area contributed by atoms with E-state index in [4.69, 9.17) is 18.7 Å². The molecule has 1 aliphatic heterocycles. The minimum atomic E-state index is -2.24. The van der Waals surface area contributed by atoms with Gasteiger partial charge in [-0.05, 0) is 41.4 Å². The molecular weight excluding hydrogens is 572 g/mol. The van der Waals surface area contributed by atoms with Crippen LogP contribution in [-0.4, -0.2) is 36.8 Å². The molecule has 3 aromatic carbocycles. The standard InChI is InChI=1S/C35H38N2O6Si/c1-35(2,3)44(4,5)42-24-32(43-37-33(38)27-18-12-13-19-28(27)34(37)39)29-20-30(40-22-25-14-8-6-9-15-25)31(21-36-29)41-23-26-16-10-7-11-17-26/h6-21,32H,22-24H2,1-5H3. The summed E-state index contributed by atoms with van der Waals surface area (Å²) in [7, 11) is -2.24. The van der Waals surface area contributed by atoms with Crippen LogP contribution in [0.1, 0.15) is 64.4 Å². The van der Waals surface area contributed by atoms with Gasteiger partial charge in [0.05, 0.1) is 29.6 Å². The number of rotatable bonds is 12. The lowest BCUT2D eigenvalue weighted by Gasteiger charge is -2.37. The first-order valence-corrected chi connectivity index (χ1v) is 17.6. The van der Waals surface area contributed by atoms with E-state index in [1.807, 2.05) is 60.7 Å². The quantitative estimate of drug-likeness (QED) is 0.121. The van der Waals surface area contributed by atoms with Crippen LogP contribution in [0.3, 0.4) is 0 Å². The maximum Gasteiger partial charge on any atom is 0.285 e. The Morgan fingerprint density at radius 3 is 1.77 bits per heavy atom. The summed E-state index contributed by atoms with van der Waals surface area (Å²) in [4.78, 5) is 37.3. The molecule has 4 aromatic rings. The predicted octanol–water partition coefficient (Wildman–Crippen LogP) is 7.53. The lowest BCUT2D eigenvalue weighted by Crippen LogP contribution is -2.43. The third-order valence-electron chi connectivity index (χ3n) is 8.05. The molecule has 0 saturated carbocycles. The molecule has 0 aliphatic carbocycles. The van der Waals surface area contributed by atoms with E-state index in [0.29, 0.717) is 41.5 Å². The summed E-state index contributed by atoms with van der Waals surface area (Å²) in [5, 5.41) is 0.746. The van der Waals surface area contributed by atoms with Gasteiger partial charge in [-0.3, -0.25) is 19.4 Å². The number of imide groups is 1. The molecule has 0 radical (unpaired) electrons. The summed E-state index contributed by atoms with van der Waals surface area (Å²) in [5.74, 6) is -0.131. The maximum atomic E-state index is 13.2. The molecule has 1 aromatic heterocycles. The van der Waals surface area contributed by atoms with Crippen LogP contribution >= 0.6 is 0 Å². The third-order valence-corrected chi connectivity index (χ3v) is 12.5. The van der Waals surface area contributed by atoms with Gasteiger partial charge in [0.15, 0.2) is 25.9 Å². The van der Waals surface area contributed by atoms with Gasteiger partial charge >= 0.3 is 0 Å². The Bertz CT molecular complexity index is 1570. The van der Waals surface area contributed by atoms with Crippen molar-refractivity contribution >= 4 is 20.1 Å². The average Bonchev–Trinajstić information content (AvgIpc) is 3.26. The minimum Gasteiger partial charge on any atom is -0.485 e. The largest absolute Gasteiger partial charge is 0.485 e. The molecule has 1 aliphatic rings. The number of amides is 2. The first kappa shape index (κ1) is 31.1. The smallest absolute Gasteiger partial charge is 0.285 e. The monoisotopic (exact) mass is 610 g/mol. The number of fused-ring (bicyclic) bond motifs is 1. The van der Waals surface area contributed by atoms with Crippen molar-refractivity contribution in [3.63, 3.8) is 0 Å². The van der Waals surface area contributed by atoms with Gasteiger partial charge in [0.2, 0.25) is 0 Å². The van der Waals surface area contributed by atoms with Gasteiger partial charge in [-0.25, -0.2) is 0 Å². The van der Waals surface area contributed by atoms with Gasteiger partial charge in [0, 0.05) is 6.07 Å². The fraction of sp³-hybridized carbons (Fsp3) is 0.286. The summed E-state index contributed by atoms with van der Waals surface area (Å²) in [5.41, 5.74) is 3.02. The first-order chi connectivity index (χ1) is 21.0. The topological polar surface area (TPSA) is 87.2 Å². The van der Waals surface area contributed by atoms with E-state index in [1.54, 1.807) is 36.5 Å². The second kappa shape index (κ2) is 13.1. The van der Waals surface area contributed by atoms with Crippen LogP contribution in [0, 0.1) is 0 Å². The van der Waals surface area contributed by atoms with Crippen molar-refractivity contribution in [3.05, 3.63) is 125 Å². The summed E-state index contributed by atoms with van der Waals surface area (Å²) >= 11 is 0. The van der Waals surface area contributed by atoms with Crippen molar-refractivity contribution in [3.8, 4) is 11.5 Å². The molecule has 9 heteroatoms. The Morgan fingerprint density at radius 1 is 0.750 bits per heavy atom. The van der Waals surface area contributed by atoms with Crippen LogP contribution in [0.15, 0.2) is 97.2 Å². The number of hydroxylamine groups is 2. The fourth-order valence-corrected chi connectivity index (χ4v) is 5.37. The van der Waals surface area contributed by atoms with E-state index >= 15 is 0 Å². The zero-order chi connectivity index (χ0) is 31.3. The third kappa shape index (κ3) is 7.07. The fourth-order valence-electron chi connectivity index (χ4n) is 4.37. The van der Waals surface area contributed by atoms with Crippen molar-refractivity contribution in [2.45, 2.75) is 58.2 Å². The minimum absolute atomic E-state index is 0.0699. The highest BCUT2D eigenvalue weighted by Gasteiger charge is 2.41. The molecule has 44 heavy (non-hydrogen) atoms. The molecule has 1 atom stereocenters. The Hall–Kier alpha value is -4.31. The molecule has 5 rings (SSSR count). The lowest BCUT2D eigenvalue weighted by atomic mass is 10.1. The van der Waals surface area contributed by atoms with Crippen molar-refractivity contribution in [1.82, 2.24) is 10.0 Å². The number of ether oxygens (including phenoxy) is 2. The highest BCUT2D eigenvalue weighted by atomic mass is 28.4. The molecule has 1 unspecified atom stereocenters. The van der Waals surface area contributed by atoms with Crippen LogP contribution in [-0.2, 0) is 22.5 Å². The maximum absolute atomic E-state index is 13.2. The van der Waals surface area contributed by atoms with Gasteiger partial charge < -0.3 is 13.9 Å². The molecule has 2 heterocycles. The van der Waals surface area contributed by atoms with Crippen LogP contribution in [0.5, 0.6) is 11.5 Å². The number of carbonyl (C=O) groups excluding carboxylic acids is 2. The molecular formula is C35H38N2O6Si. The Morgan fingerprint density at radius 2 is 1.25 bits per heavy atom. The van der Waals surface area contributed by atoms with Crippen molar-refractivity contribution < 1.29 is 28.3 Å². The summed E-state index contributed by atoms with van der Waals surface area (Å²) < 4.78 is 18.9. The summed E-state index contributed by atoms with van der Waals surface area (Å²) in [6, 6.07) is 28.1. The molecule has 2 amide bonds. The van der Waals surface area contributed by atoms with E-state index in [2.05, 4.69) is 38.8 Å². The van der Waals surface area contributed by atoms with Crippen LogP contribution < -0.4 is 9.47 Å². The number of hydrogen-bond donors (Lipinski definition) is 0. The van der Waals surface area contributed by atoms with Crippen LogP contribution in [0.25, 0.3) is 0 Å². The SMILES string of the molecule is CC(C)(C)[Si](C)(C)OCC(ON1C(=O)c2ccccc2C1=O)c1cc(OCc2ccccc2)c(OCc2ccccc2)cn1. The van der Waals surface area contributed by atoms with E-state index in [0.717, 1.165) is 16.2 Å². The van der Waals surface area contributed by atoms with Crippen molar-refractivity contribution in [1.29, 1.82) is 0 Å². The Kier molecular flexibility index (Phi) is 9.29. The summed E-state index contributed by atoms with van der Waals surface area (Å²) in [6.07, 6.45) is 0.706.